The van der Waals surface area contributed by atoms with Crippen LogP contribution in [0.5, 0.6) is 0 Å². The molecule has 16 heavy (non-hydrogen) atoms. The Bertz CT molecular complexity index is 380. The molecule has 0 unspecified atom stereocenters. The summed E-state index contributed by atoms with van der Waals surface area (Å²) in [6.45, 7) is 7.21. The van der Waals surface area contributed by atoms with Crippen molar-refractivity contribution in [3.05, 3.63) is 23.5 Å². The number of hydrogen-bond acceptors (Lipinski definition) is 2. The average Bonchev–Trinajstić information content (AvgIpc) is 2.57. The van der Waals surface area contributed by atoms with E-state index in [2.05, 4.69) is 24.3 Å². The summed E-state index contributed by atoms with van der Waals surface area (Å²) >= 11 is 0. The molecular weight excluding hydrogens is 202 g/mol. The zero-order chi connectivity index (χ0) is 12.0. The van der Waals surface area contributed by atoms with Crippen molar-refractivity contribution >= 4 is 12.0 Å². The maximum Gasteiger partial charge on any atom is 0.217 e. The van der Waals surface area contributed by atoms with Crippen LogP contribution in [0.4, 0.5) is 0 Å². The number of aryl methyl sites for hydroxylation is 1. The Kier molecular flexibility index (Phi) is 4.76. The number of aromatic nitrogens is 2. The molecule has 0 fully saturated rings. The Labute approximate surface area is 96.3 Å². The molecule has 1 amide bonds. The van der Waals surface area contributed by atoms with Crippen molar-refractivity contribution in [3.8, 4) is 0 Å². The number of hydrogen-bond donors (Lipinski definition) is 1. The van der Waals surface area contributed by atoms with E-state index in [4.69, 9.17) is 0 Å². The molecule has 1 aromatic rings. The fraction of sp³-hybridized carbons (Fsp3) is 0.500. The summed E-state index contributed by atoms with van der Waals surface area (Å²) < 4.78 is 2.00. The van der Waals surface area contributed by atoms with Gasteiger partial charge in [0.05, 0.1) is 6.20 Å². The van der Waals surface area contributed by atoms with Crippen molar-refractivity contribution in [1.82, 2.24) is 15.1 Å². The number of amides is 1. The SMILES string of the molecule is CCCn1ncc(C=CCNC(C)=O)c1C. The monoisotopic (exact) mass is 221 g/mol. The average molecular weight is 221 g/mol. The molecule has 0 atom stereocenters. The van der Waals surface area contributed by atoms with Crippen LogP contribution in [0.3, 0.4) is 0 Å². The minimum Gasteiger partial charge on any atom is -0.353 e. The Morgan fingerprint density at radius 2 is 2.38 bits per heavy atom. The van der Waals surface area contributed by atoms with Gasteiger partial charge in [0.25, 0.3) is 0 Å². The zero-order valence-corrected chi connectivity index (χ0v) is 10.2. The van der Waals surface area contributed by atoms with E-state index >= 15 is 0 Å². The first-order valence-electron chi connectivity index (χ1n) is 5.58. The molecule has 4 heteroatoms. The van der Waals surface area contributed by atoms with E-state index < -0.39 is 0 Å². The van der Waals surface area contributed by atoms with Gasteiger partial charge in [-0.3, -0.25) is 9.48 Å². The van der Waals surface area contributed by atoms with Crippen LogP contribution in [-0.4, -0.2) is 22.2 Å². The molecule has 0 radical (unpaired) electrons. The second-order valence-corrected chi connectivity index (χ2v) is 3.75. The third-order valence-corrected chi connectivity index (χ3v) is 2.34. The molecule has 1 aromatic heterocycles. The van der Waals surface area contributed by atoms with Gasteiger partial charge in [-0.05, 0) is 13.3 Å². The number of nitrogens with one attached hydrogen (secondary N) is 1. The van der Waals surface area contributed by atoms with Gasteiger partial charge >= 0.3 is 0 Å². The molecule has 0 saturated carbocycles. The minimum absolute atomic E-state index is 0.0111. The van der Waals surface area contributed by atoms with E-state index in [0.29, 0.717) is 6.54 Å². The van der Waals surface area contributed by atoms with E-state index in [1.54, 1.807) is 0 Å². The summed E-state index contributed by atoms with van der Waals surface area (Å²) in [6, 6.07) is 0. The second kappa shape index (κ2) is 6.10. The highest BCUT2D eigenvalue weighted by Gasteiger charge is 2.01. The van der Waals surface area contributed by atoms with Gasteiger partial charge < -0.3 is 5.32 Å². The Hall–Kier alpha value is -1.58. The zero-order valence-electron chi connectivity index (χ0n) is 10.2. The highest BCUT2D eigenvalue weighted by atomic mass is 16.1. The first kappa shape index (κ1) is 12.5. The van der Waals surface area contributed by atoms with E-state index in [1.807, 2.05) is 23.0 Å². The van der Waals surface area contributed by atoms with Crippen LogP contribution in [0, 0.1) is 6.92 Å². The summed E-state index contributed by atoms with van der Waals surface area (Å²) in [6.07, 6.45) is 6.86. The molecule has 4 nitrogen and oxygen atoms in total. The van der Waals surface area contributed by atoms with E-state index in [-0.39, 0.29) is 5.91 Å². The van der Waals surface area contributed by atoms with Crippen molar-refractivity contribution < 1.29 is 4.79 Å². The molecule has 0 saturated heterocycles. The van der Waals surface area contributed by atoms with Crippen molar-refractivity contribution in [2.75, 3.05) is 6.54 Å². The van der Waals surface area contributed by atoms with Crippen LogP contribution < -0.4 is 5.32 Å². The summed E-state index contributed by atoms with van der Waals surface area (Å²) in [5.74, 6) is -0.0111. The van der Waals surface area contributed by atoms with Crippen LogP contribution >= 0.6 is 0 Å². The largest absolute Gasteiger partial charge is 0.353 e. The smallest absolute Gasteiger partial charge is 0.217 e. The fourth-order valence-electron chi connectivity index (χ4n) is 1.45. The van der Waals surface area contributed by atoms with Crippen molar-refractivity contribution in [1.29, 1.82) is 0 Å². The lowest BCUT2D eigenvalue weighted by molar-refractivity contribution is -0.118. The van der Waals surface area contributed by atoms with Crippen molar-refractivity contribution in [2.24, 2.45) is 0 Å². The number of nitrogens with zero attached hydrogens (tertiary/aromatic N) is 2. The van der Waals surface area contributed by atoms with Gasteiger partial charge in [-0.15, -0.1) is 0 Å². The van der Waals surface area contributed by atoms with Gasteiger partial charge in [0.15, 0.2) is 0 Å². The third-order valence-electron chi connectivity index (χ3n) is 2.34. The van der Waals surface area contributed by atoms with Gasteiger partial charge in [0, 0.05) is 31.3 Å². The molecule has 0 aliphatic heterocycles. The Morgan fingerprint density at radius 1 is 1.62 bits per heavy atom. The molecule has 0 spiro atoms. The quantitative estimate of drug-likeness (QED) is 0.823. The number of carbonyl (C=O) groups excluding carboxylic acids is 1. The highest BCUT2D eigenvalue weighted by Crippen LogP contribution is 2.09. The summed E-state index contributed by atoms with van der Waals surface area (Å²) in [5.41, 5.74) is 2.28. The lowest BCUT2D eigenvalue weighted by Crippen LogP contribution is -2.19. The standard InChI is InChI=1S/C12H19N3O/c1-4-8-15-10(2)12(9-14-15)6-5-7-13-11(3)16/h5-6,9H,4,7-8H2,1-3H3,(H,13,16). The van der Waals surface area contributed by atoms with Gasteiger partial charge in [-0.1, -0.05) is 19.1 Å². The molecule has 0 aromatic carbocycles. The maximum atomic E-state index is 10.6. The molecule has 0 aliphatic carbocycles. The fourth-order valence-corrected chi connectivity index (χ4v) is 1.45. The first-order valence-corrected chi connectivity index (χ1v) is 5.58. The molecule has 0 aliphatic rings. The van der Waals surface area contributed by atoms with Crippen LogP contribution in [0.1, 0.15) is 31.5 Å². The van der Waals surface area contributed by atoms with Gasteiger partial charge in [0.2, 0.25) is 5.91 Å². The van der Waals surface area contributed by atoms with Gasteiger partial charge in [-0.2, -0.15) is 5.10 Å². The van der Waals surface area contributed by atoms with Crippen LogP contribution in [0.2, 0.25) is 0 Å². The summed E-state index contributed by atoms with van der Waals surface area (Å²) in [5, 5.41) is 7.01. The predicted molar refractivity (Wildman–Crippen MR) is 65.0 cm³/mol. The number of rotatable bonds is 5. The molecular formula is C12H19N3O. The lowest BCUT2D eigenvalue weighted by Gasteiger charge is -2.01. The molecule has 88 valence electrons. The summed E-state index contributed by atoms with van der Waals surface area (Å²) in [4.78, 5) is 10.6. The Balaban J connectivity index is 2.56. The normalized spacial score (nSPS) is 10.9. The minimum atomic E-state index is -0.0111. The van der Waals surface area contributed by atoms with Crippen molar-refractivity contribution in [3.63, 3.8) is 0 Å². The topological polar surface area (TPSA) is 46.9 Å². The van der Waals surface area contributed by atoms with E-state index in [9.17, 15) is 4.79 Å². The second-order valence-electron chi connectivity index (χ2n) is 3.75. The molecule has 0 bridgehead atoms. The third kappa shape index (κ3) is 3.53. The summed E-state index contributed by atoms with van der Waals surface area (Å²) in [7, 11) is 0. The predicted octanol–water partition coefficient (Wildman–Crippen LogP) is 1.75. The van der Waals surface area contributed by atoms with E-state index in [1.165, 1.54) is 12.6 Å². The highest BCUT2D eigenvalue weighted by molar-refractivity contribution is 5.73. The van der Waals surface area contributed by atoms with Crippen molar-refractivity contribution in [2.45, 2.75) is 33.7 Å². The van der Waals surface area contributed by atoms with E-state index in [0.717, 1.165) is 18.5 Å². The maximum absolute atomic E-state index is 10.6. The molecule has 1 heterocycles. The van der Waals surface area contributed by atoms with Gasteiger partial charge in [0.1, 0.15) is 0 Å². The van der Waals surface area contributed by atoms with Crippen LogP contribution in [0.25, 0.3) is 6.08 Å². The van der Waals surface area contributed by atoms with Crippen LogP contribution in [0.15, 0.2) is 12.3 Å². The van der Waals surface area contributed by atoms with Gasteiger partial charge in [-0.25, -0.2) is 0 Å². The first-order chi connectivity index (χ1) is 7.65. The Morgan fingerprint density at radius 3 is 3.00 bits per heavy atom. The molecule has 1 N–H and O–H groups in total. The molecule has 1 rings (SSSR count). The lowest BCUT2D eigenvalue weighted by atomic mass is 10.2. The van der Waals surface area contributed by atoms with Crippen LogP contribution in [-0.2, 0) is 11.3 Å². The number of carbonyl (C=O) groups is 1.